The Morgan fingerprint density at radius 2 is 1.96 bits per heavy atom. The first kappa shape index (κ1) is 17.4. The number of nitrogens with zero attached hydrogens (tertiary/aromatic N) is 2. The normalized spacial score (nSPS) is 11.0. The highest BCUT2D eigenvalue weighted by Crippen LogP contribution is 2.29. The van der Waals surface area contributed by atoms with E-state index >= 15 is 0 Å². The minimum atomic E-state index is -0.00473. The van der Waals surface area contributed by atoms with Crippen molar-refractivity contribution in [2.45, 2.75) is 12.1 Å². The van der Waals surface area contributed by atoms with Gasteiger partial charge >= 0.3 is 0 Å². The zero-order valence-electron chi connectivity index (χ0n) is 14.6. The van der Waals surface area contributed by atoms with E-state index < -0.39 is 0 Å². The first-order valence-electron chi connectivity index (χ1n) is 8.53. The second-order valence-electron chi connectivity index (χ2n) is 5.79. The topological polar surface area (TPSA) is 81.0 Å². The van der Waals surface area contributed by atoms with E-state index in [4.69, 9.17) is 9.15 Å². The lowest BCUT2D eigenvalue weighted by molar-refractivity contribution is 0.102. The summed E-state index contributed by atoms with van der Waals surface area (Å²) in [7, 11) is 0. The van der Waals surface area contributed by atoms with Crippen LogP contribution in [0.3, 0.4) is 0 Å². The molecule has 0 radical (unpaired) electrons. The van der Waals surface area contributed by atoms with Gasteiger partial charge in [0.25, 0.3) is 11.1 Å². The third kappa shape index (κ3) is 3.73. The highest BCUT2D eigenvalue weighted by atomic mass is 32.2. The Labute approximate surface area is 159 Å². The van der Waals surface area contributed by atoms with Gasteiger partial charge in [-0.05, 0) is 37.3 Å². The number of ether oxygens (including phenoxy) is 1. The van der Waals surface area contributed by atoms with E-state index in [1.807, 2.05) is 37.4 Å². The highest BCUT2D eigenvalue weighted by molar-refractivity contribution is 7.99. The number of rotatable bonds is 7. The van der Waals surface area contributed by atoms with Crippen LogP contribution in [0.25, 0.3) is 22.4 Å². The predicted molar refractivity (Wildman–Crippen MR) is 104 cm³/mol. The fraction of sp³-hybridized carbons (Fsp3) is 0.150. The van der Waals surface area contributed by atoms with E-state index in [1.165, 1.54) is 11.8 Å². The Kier molecular flexibility index (Phi) is 4.93. The molecule has 0 spiro atoms. The van der Waals surface area contributed by atoms with E-state index in [9.17, 15) is 4.79 Å². The average molecular weight is 379 g/mol. The van der Waals surface area contributed by atoms with Crippen LogP contribution in [0.15, 0.2) is 64.4 Å². The molecule has 0 saturated heterocycles. The summed E-state index contributed by atoms with van der Waals surface area (Å²) in [5.41, 5.74) is 2.48. The number of hydrogen-bond acceptors (Lipinski definition) is 6. The number of aromatic amines is 1. The van der Waals surface area contributed by atoms with E-state index in [0.29, 0.717) is 23.3 Å². The molecule has 0 aliphatic carbocycles. The van der Waals surface area contributed by atoms with Gasteiger partial charge in [-0.25, -0.2) is 0 Å². The Balaban J connectivity index is 1.43. The number of nitrogens with one attached hydrogen (secondary N) is 1. The third-order valence-electron chi connectivity index (χ3n) is 4.04. The molecular formula is C20H17N3O3S. The first-order valence-corrected chi connectivity index (χ1v) is 9.52. The smallest absolute Gasteiger partial charge is 0.277 e. The number of para-hydroxylation sites is 1. The molecule has 0 amide bonds. The number of carbonyl (C=O) groups is 1. The maximum absolute atomic E-state index is 12.3. The molecule has 2 aromatic heterocycles. The molecule has 2 heterocycles. The lowest BCUT2D eigenvalue weighted by atomic mass is 10.1. The summed E-state index contributed by atoms with van der Waals surface area (Å²) in [6, 6.07) is 15.0. The molecule has 0 bridgehead atoms. The van der Waals surface area contributed by atoms with E-state index in [2.05, 4.69) is 15.2 Å². The molecule has 0 atom stereocenters. The fourth-order valence-electron chi connectivity index (χ4n) is 2.74. The molecule has 0 aliphatic rings. The van der Waals surface area contributed by atoms with Crippen molar-refractivity contribution >= 4 is 28.4 Å². The van der Waals surface area contributed by atoms with Crippen molar-refractivity contribution < 1.29 is 13.9 Å². The molecule has 1 N–H and O–H groups in total. The molecule has 0 fully saturated rings. The molecule has 4 aromatic rings. The first-order chi connectivity index (χ1) is 13.2. The third-order valence-corrected chi connectivity index (χ3v) is 4.86. The predicted octanol–water partition coefficient (Wildman–Crippen LogP) is 4.59. The summed E-state index contributed by atoms with van der Waals surface area (Å²) >= 11 is 1.23. The van der Waals surface area contributed by atoms with Gasteiger partial charge < -0.3 is 14.1 Å². The Morgan fingerprint density at radius 1 is 1.15 bits per heavy atom. The summed E-state index contributed by atoms with van der Waals surface area (Å²) in [6.07, 6.45) is 1.84. The van der Waals surface area contributed by atoms with Gasteiger partial charge in [0, 0.05) is 22.7 Å². The Hall–Kier alpha value is -3.06. The SMILES string of the molecule is CCOc1ccc(C(=O)CSc2nnc(-c3c[nH]c4ccccc34)o2)cc1. The zero-order chi connectivity index (χ0) is 18.6. The van der Waals surface area contributed by atoms with Crippen LogP contribution in [0, 0.1) is 0 Å². The van der Waals surface area contributed by atoms with Gasteiger partial charge in [-0.3, -0.25) is 4.79 Å². The summed E-state index contributed by atoms with van der Waals surface area (Å²) in [5.74, 6) is 1.41. The van der Waals surface area contributed by atoms with Crippen molar-refractivity contribution in [1.82, 2.24) is 15.2 Å². The summed E-state index contributed by atoms with van der Waals surface area (Å²) in [4.78, 5) is 15.5. The largest absolute Gasteiger partial charge is 0.494 e. The minimum Gasteiger partial charge on any atom is -0.494 e. The maximum Gasteiger partial charge on any atom is 0.277 e. The van der Waals surface area contributed by atoms with Crippen molar-refractivity contribution in [3.05, 3.63) is 60.3 Å². The molecule has 2 aromatic carbocycles. The average Bonchev–Trinajstić information content (AvgIpc) is 3.33. The molecule has 0 aliphatic heterocycles. The summed E-state index contributed by atoms with van der Waals surface area (Å²) < 4.78 is 11.1. The summed E-state index contributed by atoms with van der Waals surface area (Å²) in [6.45, 7) is 2.52. The van der Waals surface area contributed by atoms with Crippen molar-refractivity contribution in [3.63, 3.8) is 0 Å². The highest BCUT2D eigenvalue weighted by Gasteiger charge is 2.15. The van der Waals surface area contributed by atoms with Crippen LogP contribution in [0.4, 0.5) is 0 Å². The molecule has 136 valence electrons. The van der Waals surface area contributed by atoms with E-state index in [-0.39, 0.29) is 11.5 Å². The number of aromatic nitrogens is 3. The van der Waals surface area contributed by atoms with Gasteiger partial charge in [-0.15, -0.1) is 10.2 Å². The molecule has 27 heavy (non-hydrogen) atoms. The molecular weight excluding hydrogens is 362 g/mol. The van der Waals surface area contributed by atoms with Gasteiger partial charge in [0.15, 0.2) is 5.78 Å². The lowest BCUT2D eigenvalue weighted by Crippen LogP contribution is -2.02. The van der Waals surface area contributed by atoms with Gasteiger partial charge in [0.1, 0.15) is 5.75 Å². The number of benzene rings is 2. The quantitative estimate of drug-likeness (QED) is 0.374. The standard InChI is InChI=1S/C20H17N3O3S/c1-2-25-14-9-7-13(8-10-14)18(24)12-27-20-23-22-19(26-20)16-11-21-17-6-4-3-5-15(16)17/h3-11,21H,2,12H2,1H3. The Bertz CT molecular complexity index is 1070. The van der Waals surface area contributed by atoms with E-state index in [0.717, 1.165) is 22.2 Å². The van der Waals surface area contributed by atoms with Crippen LogP contribution in [0.5, 0.6) is 5.75 Å². The molecule has 4 rings (SSSR count). The van der Waals surface area contributed by atoms with Crippen LogP contribution in [-0.2, 0) is 0 Å². The number of ketones is 1. The maximum atomic E-state index is 12.3. The second-order valence-corrected chi connectivity index (χ2v) is 6.72. The van der Waals surface area contributed by atoms with Crippen LogP contribution in [-0.4, -0.2) is 33.3 Å². The lowest BCUT2D eigenvalue weighted by Gasteiger charge is -2.03. The number of H-pyrrole nitrogens is 1. The van der Waals surface area contributed by atoms with Crippen molar-refractivity contribution in [2.75, 3.05) is 12.4 Å². The zero-order valence-corrected chi connectivity index (χ0v) is 15.5. The van der Waals surface area contributed by atoms with Crippen molar-refractivity contribution in [3.8, 4) is 17.2 Å². The van der Waals surface area contributed by atoms with Crippen LogP contribution < -0.4 is 4.74 Å². The molecule has 7 heteroatoms. The van der Waals surface area contributed by atoms with E-state index in [1.54, 1.807) is 24.3 Å². The van der Waals surface area contributed by atoms with Crippen LogP contribution >= 0.6 is 11.8 Å². The van der Waals surface area contributed by atoms with Crippen LogP contribution in [0.2, 0.25) is 0 Å². The Morgan fingerprint density at radius 3 is 2.78 bits per heavy atom. The van der Waals surface area contributed by atoms with Gasteiger partial charge in [-0.1, -0.05) is 30.0 Å². The second kappa shape index (κ2) is 7.67. The monoisotopic (exact) mass is 379 g/mol. The number of carbonyl (C=O) groups excluding carboxylic acids is 1. The molecule has 0 unspecified atom stereocenters. The minimum absolute atomic E-state index is 0.00473. The van der Waals surface area contributed by atoms with Crippen molar-refractivity contribution in [2.24, 2.45) is 0 Å². The number of fused-ring (bicyclic) bond motifs is 1. The molecule has 6 nitrogen and oxygen atoms in total. The van der Waals surface area contributed by atoms with Gasteiger partial charge in [-0.2, -0.15) is 0 Å². The fourth-order valence-corrected chi connectivity index (χ4v) is 3.40. The number of hydrogen-bond donors (Lipinski definition) is 1. The van der Waals surface area contributed by atoms with Gasteiger partial charge in [0.05, 0.1) is 17.9 Å². The van der Waals surface area contributed by atoms with Crippen LogP contribution in [0.1, 0.15) is 17.3 Å². The van der Waals surface area contributed by atoms with Crippen molar-refractivity contribution in [1.29, 1.82) is 0 Å². The number of thioether (sulfide) groups is 1. The summed E-state index contributed by atoms with van der Waals surface area (Å²) in [5, 5.41) is 9.54. The molecule has 0 saturated carbocycles. The number of Topliss-reactive ketones (excluding diaryl/α,β-unsaturated/α-hetero) is 1. The van der Waals surface area contributed by atoms with Gasteiger partial charge in [0.2, 0.25) is 0 Å².